The van der Waals surface area contributed by atoms with E-state index in [0.717, 1.165) is 24.8 Å². The summed E-state index contributed by atoms with van der Waals surface area (Å²) in [7, 11) is 1.57. The molecule has 0 amide bonds. The maximum absolute atomic E-state index is 13.3. The summed E-state index contributed by atoms with van der Waals surface area (Å²) in [6, 6.07) is 4.42. The Labute approximate surface area is 104 Å². The molecule has 4 heteroatoms. The van der Waals surface area contributed by atoms with Crippen LogP contribution in [-0.4, -0.2) is 17.2 Å². The molecule has 0 spiro atoms. The highest BCUT2D eigenvalue weighted by Crippen LogP contribution is 2.38. The van der Waals surface area contributed by atoms with E-state index in [1.54, 1.807) is 13.2 Å². The number of ether oxygens (including phenoxy) is 1. The third-order valence-corrected chi connectivity index (χ3v) is 3.45. The van der Waals surface area contributed by atoms with Crippen molar-refractivity contribution in [1.29, 1.82) is 0 Å². The molecule has 2 aromatic rings. The minimum atomic E-state index is -0.544. The molecule has 1 aromatic heterocycles. The molecule has 1 aliphatic rings. The van der Waals surface area contributed by atoms with Gasteiger partial charge >= 0.3 is 0 Å². The lowest BCUT2D eigenvalue weighted by Gasteiger charge is -2.23. The lowest BCUT2D eigenvalue weighted by atomic mass is 9.91. The van der Waals surface area contributed by atoms with Gasteiger partial charge in [0, 0.05) is 10.9 Å². The van der Waals surface area contributed by atoms with E-state index < -0.39 is 6.10 Å². The summed E-state index contributed by atoms with van der Waals surface area (Å²) in [5, 5.41) is 10.7. The number of fused-ring (bicyclic) bond motifs is 2. The Morgan fingerprint density at radius 2 is 2.28 bits per heavy atom. The summed E-state index contributed by atoms with van der Waals surface area (Å²) in [6.45, 7) is 0. The first-order chi connectivity index (χ1) is 8.70. The zero-order chi connectivity index (χ0) is 12.7. The number of benzene rings is 1. The molecular formula is C14H14FNO2. The average molecular weight is 247 g/mol. The van der Waals surface area contributed by atoms with Crippen molar-refractivity contribution < 1.29 is 14.2 Å². The predicted molar refractivity (Wildman–Crippen MR) is 66.2 cm³/mol. The van der Waals surface area contributed by atoms with Gasteiger partial charge in [0.05, 0.1) is 24.4 Å². The Morgan fingerprint density at radius 3 is 3.06 bits per heavy atom. The van der Waals surface area contributed by atoms with E-state index in [0.29, 0.717) is 22.3 Å². The molecule has 0 aliphatic heterocycles. The number of pyridine rings is 1. The molecule has 1 aliphatic carbocycles. The van der Waals surface area contributed by atoms with Crippen molar-refractivity contribution in [2.24, 2.45) is 0 Å². The van der Waals surface area contributed by atoms with E-state index in [-0.39, 0.29) is 5.82 Å². The maximum Gasteiger partial charge on any atom is 0.133 e. The Balaban J connectivity index is 2.36. The van der Waals surface area contributed by atoms with E-state index in [1.165, 1.54) is 12.1 Å². The summed E-state index contributed by atoms with van der Waals surface area (Å²) in [5.74, 6) is 0.340. The molecule has 0 fully saturated rings. The van der Waals surface area contributed by atoms with Gasteiger partial charge in [0.25, 0.3) is 0 Å². The van der Waals surface area contributed by atoms with Gasteiger partial charge in [-0.2, -0.15) is 0 Å². The fraction of sp³-hybridized carbons (Fsp3) is 0.357. The van der Waals surface area contributed by atoms with Gasteiger partial charge in [-0.25, -0.2) is 9.37 Å². The monoisotopic (exact) mass is 247 g/mol. The number of aliphatic hydroxyl groups is 1. The first kappa shape index (κ1) is 11.4. The van der Waals surface area contributed by atoms with Gasteiger partial charge in [0.2, 0.25) is 0 Å². The van der Waals surface area contributed by atoms with E-state index in [1.807, 2.05) is 0 Å². The molecule has 1 N–H and O–H groups in total. The van der Waals surface area contributed by atoms with Gasteiger partial charge in [-0.15, -0.1) is 0 Å². The third-order valence-electron chi connectivity index (χ3n) is 3.45. The van der Waals surface area contributed by atoms with Crippen molar-refractivity contribution >= 4 is 10.9 Å². The van der Waals surface area contributed by atoms with Crippen LogP contribution in [0.2, 0.25) is 0 Å². The van der Waals surface area contributed by atoms with Crippen LogP contribution in [0.25, 0.3) is 10.9 Å². The van der Waals surface area contributed by atoms with Crippen LogP contribution in [0.4, 0.5) is 4.39 Å². The highest BCUT2D eigenvalue weighted by molar-refractivity contribution is 5.87. The van der Waals surface area contributed by atoms with E-state index >= 15 is 0 Å². The molecule has 1 aromatic carbocycles. The minimum absolute atomic E-state index is 0.307. The number of rotatable bonds is 1. The summed E-state index contributed by atoms with van der Waals surface area (Å²) >= 11 is 0. The number of aliphatic hydroxyl groups excluding tert-OH is 1. The quantitative estimate of drug-likeness (QED) is 0.842. The summed E-state index contributed by atoms with van der Waals surface area (Å²) in [5.41, 5.74) is 2.25. The smallest absolute Gasteiger partial charge is 0.133 e. The number of hydrogen-bond acceptors (Lipinski definition) is 3. The van der Waals surface area contributed by atoms with Gasteiger partial charge in [-0.1, -0.05) is 0 Å². The lowest BCUT2D eigenvalue weighted by Crippen LogP contribution is -2.13. The Bertz CT molecular complexity index is 612. The Morgan fingerprint density at radius 1 is 1.44 bits per heavy atom. The highest BCUT2D eigenvalue weighted by Gasteiger charge is 2.24. The first-order valence-electron chi connectivity index (χ1n) is 6.05. The average Bonchev–Trinajstić information content (AvgIpc) is 2.37. The molecule has 1 atom stereocenters. The van der Waals surface area contributed by atoms with Crippen LogP contribution in [0, 0.1) is 5.82 Å². The molecule has 3 rings (SSSR count). The second-order valence-electron chi connectivity index (χ2n) is 4.58. The first-order valence-corrected chi connectivity index (χ1v) is 6.05. The molecule has 0 radical (unpaired) electrons. The van der Waals surface area contributed by atoms with Crippen LogP contribution in [0.5, 0.6) is 5.75 Å². The maximum atomic E-state index is 13.3. The van der Waals surface area contributed by atoms with Gasteiger partial charge in [-0.3, -0.25) is 0 Å². The van der Waals surface area contributed by atoms with E-state index in [2.05, 4.69) is 4.98 Å². The van der Waals surface area contributed by atoms with Gasteiger partial charge in [0.1, 0.15) is 11.6 Å². The van der Waals surface area contributed by atoms with E-state index in [4.69, 9.17) is 4.74 Å². The number of nitrogens with zero attached hydrogens (tertiary/aromatic N) is 1. The van der Waals surface area contributed by atoms with Crippen molar-refractivity contribution in [3.05, 3.63) is 35.3 Å². The zero-order valence-corrected chi connectivity index (χ0v) is 10.1. The van der Waals surface area contributed by atoms with Crippen LogP contribution >= 0.6 is 0 Å². The van der Waals surface area contributed by atoms with Crippen LogP contribution in [0.1, 0.15) is 30.2 Å². The standard InChI is InChI=1S/C14H14FNO2/c1-18-14-9-3-2-4-12(17)13(9)16-11-6-5-8(15)7-10(11)14/h5-7,12,17H,2-4H2,1H3. The molecule has 3 nitrogen and oxygen atoms in total. The third kappa shape index (κ3) is 1.64. The number of halogens is 1. The van der Waals surface area contributed by atoms with Crippen LogP contribution < -0.4 is 4.74 Å². The fourth-order valence-electron chi connectivity index (χ4n) is 2.62. The van der Waals surface area contributed by atoms with Crippen LogP contribution in [0.15, 0.2) is 18.2 Å². The number of aromatic nitrogens is 1. The molecule has 1 unspecified atom stereocenters. The van der Waals surface area contributed by atoms with E-state index in [9.17, 15) is 9.50 Å². The fourth-order valence-corrected chi connectivity index (χ4v) is 2.62. The summed E-state index contributed by atoms with van der Waals surface area (Å²) < 4.78 is 18.7. The second-order valence-corrected chi connectivity index (χ2v) is 4.58. The Hall–Kier alpha value is -1.68. The largest absolute Gasteiger partial charge is 0.496 e. The molecule has 1 heterocycles. The zero-order valence-electron chi connectivity index (χ0n) is 10.1. The SMILES string of the molecule is COc1c2c(nc3ccc(F)cc13)C(O)CCC2. The van der Waals surface area contributed by atoms with Crippen molar-refractivity contribution in [1.82, 2.24) is 4.98 Å². The predicted octanol–water partition coefficient (Wildman–Crippen LogP) is 2.75. The van der Waals surface area contributed by atoms with Crippen LogP contribution in [0.3, 0.4) is 0 Å². The Kier molecular flexibility index (Phi) is 2.67. The van der Waals surface area contributed by atoms with Gasteiger partial charge in [0.15, 0.2) is 0 Å². The molecule has 94 valence electrons. The molecule has 0 saturated heterocycles. The molecule has 0 saturated carbocycles. The van der Waals surface area contributed by atoms with Crippen molar-refractivity contribution in [3.63, 3.8) is 0 Å². The normalized spacial score (nSPS) is 18.7. The number of methoxy groups -OCH3 is 1. The van der Waals surface area contributed by atoms with Crippen molar-refractivity contribution in [2.75, 3.05) is 7.11 Å². The highest BCUT2D eigenvalue weighted by atomic mass is 19.1. The molecule has 0 bridgehead atoms. The minimum Gasteiger partial charge on any atom is -0.496 e. The number of hydrogen-bond donors (Lipinski definition) is 1. The van der Waals surface area contributed by atoms with Crippen molar-refractivity contribution in [3.8, 4) is 5.75 Å². The van der Waals surface area contributed by atoms with Gasteiger partial charge < -0.3 is 9.84 Å². The molecular weight excluding hydrogens is 233 g/mol. The van der Waals surface area contributed by atoms with Crippen LogP contribution in [-0.2, 0) is 6.42 Å². The van der Waals surface area contributed by atoms with Gasteiger partial charge in [-0.05, 0) is 37.5 Å². The second kappa shape index (κ2) is 4.21. The van der Waals surface area contributed by atoms with Crippen molar-refractivity contribution in [2.45, 2.75) is 25.4 Å². The summed E-state index contributed by atoms with van der Waals surface area (Å²) in [4.78, 5) is 4.45. The lowest BCUT2D eigenvalue weighted by molar-refractivity contribution is 0.151. The summed E-state index contributed by atoms with van der Waals surface area (Å²) in [6.07, 6.45) is 1.88. The molecule has 18 heavy (non-hydrogen) atoms. The topological polar surface area (TPSA) is 42.4 Å².